The highest BCUT2D eigenvalue weighted by Crippen LogP contribution is 2.52. The summed E-state index contributed by atoms with van der Waals surface area (Å²) in [6.45, 7) is 3.59. The Morgan fingerprint density at radius 2 is 1.68 bits per heavy atom. The van der Waals surface area contributed by atoms with E-state index in [1.54, 1.807) is 23.1 Å². The van der Waals surface area contributed by atoms with E-state index < -0.39 is 18.2 Å². The van der Waals surface area contributed by atoms with Crippen LogP contribution in [0.5, 0.6) is 5.75 Å². The number of imide groups is 1. The summed E-state index contributed by atoms with van der Waals surface area (Å²) < 4.78 is 23.7. The number of hydrogen-bond donors (Lipinski definition) is 1. The van der Waals surface area contributed by atoms with Crippen LogP contribution in [0.4, 0.5) is 15.3 Å². The molecule has 0 bridgehead atoms. The molecule has 1 saturated carbocycles. The lowest BCUT2D eigenvalue weighted by Gasteiger charge is -2.45. The number of ether oxygens (including phenoxy) is 4. The van der Waals surface area contributed by atoms with Crippen LogP contribution in [0.2, 0.25) is 0 Å². The van der Waals surface area contributed by atoms with E-state index >= 15 is 0 Å². The first-order valence-electron chi connectivity index (χ1n) is 19.8. The van der Waals surface area contributed by atoms with Gasteiger partial charge in [0.15, 0.2) is 0 Å². The van der Waals surface area contributed by atoms with Gasteiger partial charge < -0.3 is 28.7 Å². The minimum absolute atomic E-state index is 0.0131. The number of benzene rings is 3. The topological polar surface area (TPSA) is 147 Å². The number of urea groups is 1. The monoisotopic (exact) mass is 779 g/mol. The second-order valence-electron chi connectivity index (χ2n) is 15.8. The molecule has 4 saturated heterocycles. The summed E-state index contributed by atoms with van der Waals surface area (Å²) in [7, 11) is 1.50. The van der Waals surface area contributed by atoms with Crippen molar-refractivity contribution in [3.05, 3.63) is 95.6 Å². The smallest absolute Gasteiger partial charge is 0.410 e. The average molecular weight is 780 g/mol. The molecule has 3 atom stereocenters. The molecule has 6 amide bonds. The number of amides is 6. The van der Waals surface area contributed by atoms with Crippen molar-refractivity contribution in [2.75, 3.05) is 64.5 Å². The number of anilines is 1. The summed E-state index contributed by atoms with van der Waals surface area (Å²) >= 11 is 0. The Morgan fingerprint density at radius 3 is 2.44 bits per heavy atom. The molecule has 1 spiro atoms. The number of morpholine rings is 1. The van der Waals surface area contributed by atoms with Crippen LogP contribution in [0, 0.1) is 11.3 Å². The number of carbonyl (C=O) groups excluding carboxylic acids is 5. The van der Waals surface area contributed by atoms with Gasteiger partial charge in [-0.1, -0.05) is 60.7 Å². The van der Waals surface area contributed by atoms with E-state index in [-0.39, 0.29) is 61.5 Å². The Hall–Kier alpha value is -5.47. The first-order valence-corrected chi connectivity index (χ1v) is 19.8. The van der Waals surface area contributed by atoms with Crippen LogP contribution in [-0.2, 0) is 30.4 Å². The van der Waals surface area contributed by atoms with Crippen LogP contribution in [-0.4, -0.2) is 116 Å². The minimum Gasteiger partial charge on any atom is -0.495 e. The highest BCUT2D eigenvalue weighted by Gasteiger charge is 2.50. The fourth-order valence-corrected chi connectivity index (χ4v) is 9.09. The van der Waals surface area contributed by atoms with E-state index in [2.05, 4.69) is 5.32 Å². The molecule has 1 N–H and O–H groups in total. The summed E-state index contributed by atoms with van der Waals surface area (Å²) in [5.74, 6) is 0.170. The third kappa shape index (κ3) is 8.33. The molecule has 3 aromatic carbocycles. The van der Waals surface area contributed by atoms with Crippen LogP contribution < -0.4 is 15.0 Å². The highest BCUT2D eigenvalue weighted by atomic mass is 16.6. The number of nitrogens with one attached hydrogen (secondary N) is 1. The summed E-state index contributed by atoms with van der Waals surface area (Å²) in [6, 6.07) is 23.1. The third-order valence-electron chi connectivity index (χ3n) is 12.0. The normalized spacial score (nSPS) is 26.0. The van der Waals surface area contributed by atoms with Crippen molar-refractivity contribution in [2.24, 2.45) is 11.3 Å². The van der Waals surface area contributed by atoms with Gasteiger partial charge in [-0.2, -0.15) is 0 Å². The van der Waals surface area contributed by atoms with E-state index in [0.717, 1.165) is 30.4 Å². The zero-order valence-electron chi connectivity index (χ0n) is 32.2. The van der Waals surface area contributed by atoms with Gasteiger partial charge in [-0.3, -0.25) is 29.5 Å². The molecule has 8 rings (SSSR count). The molecule has 4 heterocycles. The van der Waals surface area contributed by atoms with E-state index in [1.807, 2.05) is 65.6 Å². The second-order valence-corrected chi connectivity index (χ2v) is 15.8. The van der Waals surface area contributed by atoms with E-state index in [9.17, 15) is 24.0 Å². The number of methoxy groups -OCH3 is 1. The van der Waals surface area contributed by atoms with Crippen LogP contribution in [0.15, 0.2) is 78.9 Å². The Bertz CT molecular complexity index is 1970. The van der Waals surface area contributed by atoms with E-state index in [1.165, 1.54) is 16.9 Å². The standard InChI is InChI=1S/C43H49N5O9/c1-54-36-13-12-32(20-34(36)47-16-14-38(49)44-41(47)52)39(50)46-17-15-43(28-46)22-30(23-43)27-56-33-21-35(48(24-33)42(53)57-26-29-8-4-2-5-9-29)40(51)45-18-19-55-37(25-45)31-10-6-3-7-11-31/h2-13,20,30,33,35,37H,14-19,21-28H2,1H3,(H,44,49,52)/t30?,33-,35-,37-,43?/m0/s1. The third-order valence-corrected chi connectivity index (χ3v) is 12.0. The number of nitrogens with zero attached hydrogens (tertiary/aromatic N) is 4. The number of likely N-dealkylation sites (tertiary alicyclic amines) is 2. The van der Waals surface area contributed by atoms with Crippen molar-refractivity contribution in [3.8, 4) is 5.75 Å². The lowest BCUT2D eigenvalue weighted by molar-refractivity contribution is -0.143. The second kappa shape index (κ2) is 16.6. The molecule has 300 valence electrons. The van der Waals surface area contributed by atoms with Gasteiger partial charge in [0.05, 0.1) is 38.6 Å². The lowest BCUT2D eigenvalue weighted by atomic mass is 9.62. The molecule has 14 heteroatoms. The van der Waals surface area contributed by atoms with E-state index in [4.69, 9.17) is 18.9 Å². The molecular weight excluding hydrogens is 730 g/mol. The van der Waals surface area contributed by atoms with Gasteiger partial charge in [-0.15, -0.1) is 0 Å². The Morgan fingerprint density at radius 1 is 0.912 bits per heavy atom. The number of carbonyl (C=O) groups is 5. The average Bonchev–Trinajstić information content (AvgIpc) is 3.88. The van der Waals surface area contributed by atoms with Gasteiger partial charge >= 0.3 is 12.1 Å². The van der Waals surface area contributed by atoms with Gasteiger partial charge in [0.1, 0.15) is 24.5 Å². The van der Waals surface area contributed by atoms with Crippen molar-refractivity contribution in [3.63, 3.8) is 0 Å². The van der Waals surface area contributed by atoms with Crippen molar-refractivity contribution in [1.29, 1.82) is 0 Å². The summed E-state index contributed by atoms with van der Waals surface area (Å²) in [4.78, 5) is 72.4. The maximum atomic E-state index is 14.1. The quantitative estimate of drug-likeness (QED) is 0.307. The van der Waals surface area contributed by atoms with Crippen LogP contribution in [0.3, 0.4) is 0 Å². The molecule has 57 heavy (non-hydrogen) atoms. The SMILES string of the molecule is COc1ccc(C(=O)N2CCC3(CC(CO[C@H]4C[C@@H](C(=O)N5CCO[C@H](c6ccccc6)C5)N(C(=O)OCc5ccccc5)C4)C3)C2)cc1N1CCC(=O)NC1=O. The molecule has 1 aliphatic carbocycles. The Labute approximate surface area is 331 Å². The Kier molecular flexibility index (Phi) is 11.2. The molecule has 5 fully saturated rings. The van der Waals surface area contributed by atoms with Crippen LogP contribution in [0.25, 0.3) is 0 Å². The molecule has 14 nitrogen and oxygen atoms in total. The largest absolute Gasteiger partial charge is 0.495 e. The number of rotatable bonds is 10. The molecular formula is C43H49N5O9. The summed E-state index contributed by atoms with van der Waals surface area (Å²) in [5.41, 5.74) is 2.79. The lowest BCUT2D eigenvalue weighted by Crippen LogP contribution is -2.51. The molecule has 0 aromatic heterocycles. The van der Waals surface area contributed by atoms with Crippen molar-refractivity contribution in [2.45, 2.75) is 57.0 Å². The van der Waals surface area contributed by atoms with Crippen molar-refractivity contribution < 1.29 is 42.9 Å². The fraction of sp³-hybridized carbons (Fsp3) is 0.465. The van der Waals surface area contributed by atoms with Crippen LogP contribution >= 0.6 is 0 Å². The van der Waals surface area contributed by atoms with Crippen molar-refractivity contribution >= 4 is 35.5 Å². The molecule has 5 aliphatic rings. The van der Waals surface area contributed by atoms with Gasteiger partial charge in [0, 0.05) is 51.2 Å². The zero-order valence-corrected chi connectivity index (χ0v) is 32.2. The highest BCUT2D eigenvalue weighted by molar-refractivity contribution is 6.07. The van der Waals surface area contributed by atoms with Crippen molar-refractivity contribution in [1.82, 2.24) is 20.0 Å². The molecule has 0 radical (unpaired) electrons. The van der Waals surface area contributed by atoms with Gasteiger partial charge in [0.2, 0.25) is 11.8 Å². The molecule has 4 aliphatic heterocycles. The summed E-state index contributed by atoms with van der Waals surface area (Å²) in [6.07, 6.45) is 2.16. The molecule has 0 unspecified atom stereocenters. The first kappa shape index (κ1) is 38.4. The summed E-state index contributed by atoms with van der Waals surface area (Å²) in [5, 5.41) is 2.33. The maximum absolute atomic E-state index is 14.1. The first-order chi connectivity index (χ1) is 27.7. The number of hydrogen-bond acceptors (Lipinski definition) is 9. The van der Waals surface area contributed by atoms with Crippen LogP contribution in [0.1, 0.15) is 59.7 Å². The van der Waals surface area contributed by atoms with Gasteiger partial charge in [0.25, 0.3) is 5.91 Å². The minimum atomic E-state index is -0.708. The van der Waals surface area contributed by atoms with Gasteiger partial charge in [-0.05, 0) is 59.9 Å². The van der Waals surface area contributed by atoms with E-state index in [0.29, 0.717) is 68.7 Å². The molecule has 3 aromatic rings. The predicted molar refractivity (Wildman–Crippen MR) is 207 cm³/mol. The zero-order chi connectivity index (χ0) is 39.5. The fourth-order valence-electron chi connectivity index (χ4n) is 9.09. The Balaban J connectivity index is 0.868. The maximum Gasteiger partial charge on any atom is 0.410 e. The predicted octanol–water partition coefficient (Wildman–Crippen LogP) is 4.78. The van der Waals surface area contributed by atoms with Gasteiger partial charge in [-0.25, -0.2) is 9.59 Å².